The summed E-state index contributed by atoms with van der Waals surface area (Å²) in [6, 6.07) is 7.04. The van der Waals surface area contributed by atoms with Gasteiger partial charge in [-0.15, -0.1) is 0 Å². The molecule has 2 unspecified atom stereocenters. The van der Waals surface area contributed by atoms with Crippen LogP contribution in [0.4, 0.5) is 0 Å². The number of benzene rings is 1. The minimum absolute atomic E-state index is 0.0154. The minimum Gasteiger partial charge on any atom is -0.342 e. The van der Waals surface area contributed by atoms with E-state index in [4.69, 9.17) is 0 Å². The molecule has 2 atom stereocenters. The molecule has 3 fully saturated rings. The normalized spacial score (nSPS) is 27.1. The van der Waals surface area contributed by atoms with Crippen molar-refractivity contribution in [3.63, 3.8) is 0 Å². The van der Waals surface area contributed by atoms with E-state index in [1.54, 1.807) is 17.0 Å². The summed E-state index contributed by atoms with van der Waals surface area (Å²) in [4.78, 5) is 29.4. The Hall–Kier alpha value is -1.93. The van der Waals surface area contributed by atoms with Crippen LogP contribution in [0.3, 0.4) is 0 Å². The Morgan fingerprint density at radius 1 is 1.00 bits per heavy atom. The fourth-order valence-electron chi connectivity index (χ4n) is 5.15. The van der Waals surface area contributed by atoms with Gasteiger partial charge < -0.3 is 9.80 Å². The number of hydrogen-bond acceptors (Lipinski definition) is 4. The lowest BCUT2D eigenvalue weighted by molar-refractivity contribution is -0.141. The van der Waals surface area contributed by atoms with E-state index >= 15 is 0 Å². The van der Waals surface area contributed by atoms with Crippen molar-refractivity contribution in [3.05, 3.63) is 29.8 Å². The van der Waals surface area contributed by atoms with Gasteiger partial charge in [0.2, 0.25) is 21.8 Å². The molecule has 1 aromatic carbocycles. The first kappa shape index (κ1) is 21.3. The molecular formula is C22H31N3O4S. The molecule has 3 saturated heterocycles. The second-order valence-electron chi connectivity index (χ2n) is 9.27. The third-order valence-corrected chi connectivity index (χ3v) is 8.85. The van der Waals surface area contributed by atoms with E-state index in [-0.39, 0.29) is 35.7 Å². The topological polar surface area (TPSA) is 78.0 Å². The third-order valence-electron chi connectivity index (χ3n) is 7.03. The van der Waals surface area contributed by atoms with Gasteiger partial charge >= 0.3 is 0 Å². The summed E-state index contributed by atoms with van der Waals surface area (Å²) >= 11 is 0. The molecule has 7 nitrogen and oxygen atoms in total. The summed E-state index contributed by atoms with van der Waals surface area (Å²) in [6.07, 6.45) is 1.96. The highest BCUT2D eigenvalue weighted by atomic mass is 32.2. The van der Waals surface area contributed by atoms with Crippen molar-refractivity contribution in [1.82, 2.24) is 14.1 Å². The average Bonchev–Trinajstić information content (AvgIpc) is 3.42. The van der Waals surface area contributed by atoms with Crippen LogP contribution in [-0.4, -0.2) is 73.6 Å². The number of nitrogens with zero attached hydrogens (tertiary/aromatic N) is 3. The third kappa shape index (κ3) is 3.43. The Kier molecular flexibility index (Phi) is 5.43. The molecule has 0 radical (unpaired) electrons. The van der Waals surface area contributed by atoms with Gasteiger partial charge in [0.1, 0.15) is 0 Å². The Balaban J connectivity index is 1.63. The second-order valence-corrected chi connectivity index (χ2v) is 11.2. The molecule has 4 rings (SSSR count). The highest BCUT2D eigenvalue weighted by Gasteiger charge is 2.60. The first-order valence-corrected chi connectivity index (χ1v) is 12.2. The standard InChI is InChI=1S/C22H31N3O4S/c1-16(2)18-6-8-20(9-7-18)30(28,29)25-13-19-12-24(17(3)26)14-22(19,15-25)21(27)23-10-4-5-11-23/h6-9,16,19H,4-5,10-15H2,1-3H3. The summed E-state index contributed by atoms with van der Waals surface area (Å²) < 4.78 is 28.2. The fourth-order valence-corrected chi connectivity index (χ4v) is 6.71. The van der Waals surface area contributed by atoms with E-state index in [0.29, 0.717) is 19.0 Å². The van der Waals surface area contributed by atoms with Crippen LogP contribution in [0.25, 0.3) is 0 Å². The highest BCUT2D eigenvalue weighted by Crippen LogP contribution is 2.46. The molecule has 30 heavy (non-hydrogen) atoms. The van der Waals surface area contributed by atoms with Gasteiger partial charge in [0.15, 0.2) is 0 Å². The maximum atomic E-state index is 13.5. The zero-order valence-electron chi connectivity index (χ0n) is 18.0. The predicted octanol–water partition coefficient (Wildman–Crippen LogP) is 1.90. The van der Waals surface area contributed by atoms with Crippen LogP contribution in [0.2, 0.25) is 0 Å². The molecule has 0 spiro atoms. The van der Waals surface area contributed by atoms with E-state index in [1.807, 2.05) is 17.0 Å². The van der Waals surface area contributed by atoms with Gasteiger partial charge in [-0.2, -0.15) is 4.31 Å². The molecule has 2 amide bonds. The molecule has 0 aliphatic carbocycles. The molecule has 0 bridgehead atoms. The van der Waals surface area contributed by atoms with Gasteiger partial charge in [-0.25, -0.2) is 8.42 Å². The molecular weight excluding hydrogens is 402 g/mol. The number of amides is 2. The van der Waals surface area contributed by atoms with Crippen LogP contribution in [0, 0.1) is 11.3 Å². The smallest absolute Gasteiger partial charge is 0.243 e. The lowest BCUT2D eigenvalue weighted by Crippen LogP contribution is -2.49. The Bertz CT molecular complexity index is 938. The Labute approximate surface area is 179 Å². The van der Waals surface area contributed by atoms with Crippen molar-refractivity contribution in [2.24, 2.45) is 11.3 Å². The van der Waals surface area contributed by atoms with Gasteiger partial charge in [0.25, 0.3) is 0 Å². The molecule has 3 heterocycles. The van der Waals surface area contributed by atoms with Crippen molar-refractivity contribution in [1.29, 1.82) is 0 Å². The number of likely N-dealkylation sites (tertiary alicyclic amines) is 2. The Morgan fingerprint density at radius 3 is 2.20 bits per heavy atom. The number of sulfonamides is 1. The maximum Gasteiger partial charge on any atom is 0.243 e. The number of rotatable bonds is 4. The van der Waals surface area contributed by atoms with Crippen molar-refractivity contribution in [3.8, 4) is 0 Å². The van der Waals surface area contributed by atoms with Crippen LogP contribution in [0.1, 0.15) is 45.1 Å². The molecule has 1 aromatic rings. The van der Waals surface area contributed by atoms with Crippen LogP contribution in [0.15, 0.2) is 29.2 Å². The summed E-state index contributed by atoms with van der Waals surface area (Å²) in [7, 11) is -3.70. The van der Waals surface area contributed by atoms with E-state index in [0.717, 1.165) is 31.5 Å². The molecule has 0 aromatic heterocycles. The largest absolute Gasteiger partial charge is 0.342 e. The van der Waals surface area contributed by atoms with Crippen LogP contribution in [-0.2, 0) is 19.6 Å². The summed E-state index contributed by atoms with van der Waals surface area (Å²) in [6.45, 7) is 8.25. The quantitative estimate of drug-likeness (QED) is 0.727. The molecule has 0 saturated carbocycles. The van der Waals surface area contributed by atoms with Crippen molar-refractivity contribution in [2.45, 2.75) is 44.4 Å². The molecule has 164 valence electrons. The van der Waals surface area contributed by atoms with E-state index < -0.39 is 15.4 Å². The van der Waals surface area contributed by atoms with Crippen LogP contribution < -0.4 is 0 Å². The molecule has 3 aliphatic heterocycles. The number of carbonyl (C=O) groups is 2. The first-order valence-electron chi connectivity index (χ1n) is 10.8. The van der Waals surface area contributed by atoms with Crippen LogP contribution >= 0.6 is 0 Å². The lowest BCUT2D eigenvalue weighted by Gasteiger charge is -2.32. The van der Waals surface area contributed by atoms with Crippen molar-refractivity contribution >= 4 is 21.8 Å². The zero-order chi connectivity index (χ0) is 21.7. The molecule has 8 heteroatoms. The zero-order valence-corrected chi connectivity index (χ0v) is 18.8. The van der Waals surface area contributed by atoms with Gasteiger partial charge in [-0.05, 0) is 36.5 Å². The Morgan fingerprint density at radius 2 is 1.63 bits per heavy atom. The molecule has 3 aliphatic rings. The number of carbonyl (C=O) groups excluding carboxylic acids is 2. The minimum atomic E-state index is -3.70. The van der Waals surface area contributed by atoms with Crippen molar-refractivity contribution in [2.75, 3.05) is 39.3 Å². The van der Waals surface area contributed by atoms with E-state index in [9.17, 15) is 18.0 Å². The van der Waals surface area contributed by atoms with Gasteiger partial charge in [-0.1, -0.05) is 26.0 Å². The first-order chi connectivity index (χ1) is 14.1. The van der Waals surface area contributed by atoms with E-state index in [2.05, 4.69) is 13.8 Å². The molecule has 0 N–H and O–H groups in total. The second kappa shape index (κ2) is 7.64. The maximum absolute atomic E-state index is 13.5. The number of fused-ring (bicyclic) bond motifs is 1. The van der Waals surface area contributed by atoms with Crippen LogP contribution in [0.5, 0.6) is 0 Å². The van der Waals surface area contributed by atoms with E-state index in [1.165, 1.54) is 11.2 Å². The monoisotopic (exact) mass is 433 g/mol. The van der Waals surface area contributed by atoms with Gasteiger partial charge in [0, 0.05) is 52.1 Å². The highest BCUT2D eigenvalue weighted by molar-refractivity contribution is 7.89. The SMILES string of the molecule is CC(=O)N1CC2CN(S(=O)(=O)c3ccc(C(C)C)cc3)CC2(C(=O)N2CCCC2)C1. The predicted molar refractivity (Wildman–Crippen MR) is 113 cm³/mol. The summed E-state index contributed by atoms with van der Waals surface area (Å²) in [5, 5.41) is 0. The lowest BCUT2D eigenvalue weighted by atomic mass is 9.79. The van der Waals surface area contributed by atoms with Gasteiger partial charge in [0.05, 0.1) is 10.3 Å². The van der Waals surface area contributed by atoms with Crippen molar-refractivity contribution < 1.29 is 18.0 Å². The number of hydrogen-bond donors (Lipinski definition) is 0. The summed E-state index contributed by atoms with van der Waals surface area (Å²) in [5.41, 5.74) is 0.256. The average molecular weight is 434 g/mol. The summed E-state index contributed by atoms with van der Waals surface area (Å²) in [5.74, 6) is 0.115. The van der Waals surface area contributed by atoms with Gasteiger partial charge in [-0.3, -0.25) is 9.59 Å². The fraction of sp³-hybridized carbons (Fsp3) is 0.636.